The van der Waals surface area contributed by atoms with Gasteiger partial charge in [-0.05, 0) is 49.1 Å². The van der Waals surface area contributed by atoms with Crippen molar-refractivity contribution in [3.05, 3.63) is 63.1 Å². The van der Waals surface area contributed by atoms with E-state index in [9.17, 15) is 14.4 Å². The Hall–Kier alpha value is -3.35. The second-order valence-corrected chi connectivity index (χ2v) is 7.20. The highest BCUT2D eigenvalue weighted by Gasteiger charge is 2.35. The molecule has 0 spiro atoms. The van der Waals surface area contributed by atoms with E-state index in [4.69, 9.17) is 0 Å². The van der Waals surface area contributed by atoms with Crippen LogP contribution in [0.3, 0.4) is 0 Å². The fourth-order valence-corrected chi connectivity index (χ4v) is 3.85. The summed E-state index contributed by atoms with van der Waals surface area (Å²) in [5.74, 6) is -0.389. The molecule has 1 aromatic heterocycles. The molecule has 3 aromatic rings. The molecule has 28 heavy (non-hydrogen) atoms. The van der Waals surface area contributed by atoms with Crippen molar-refractivity contribution >= 4 is 28.5 Å². The Balaban J connectivity index is 1.67. The van der Waals surface area contributed by atoms with Crippen LogP contribution in [0.4, 0.5) is 5.69 Å². The number of carbonyl (C=O) groups is 2. The molecule has 7 nitrogen and oxygen atoms in total. The predicted molar refractivity (Wildman–Crippen MR) is 107 cm³/mol. The van der Waals surface area contributed by atoms with Crippen LogP contribution in [0.1, 0.15) is 40.4 Å². The van der Waals surface area contributed by atoms with Crippen molar-refractivity contribution in [3.63, 3.8) is 0 Å². The smallest absolute Gasteiger partial charge is 0.322 e. The van der Waals surface area contributed by atoms with Crippen LogP contribution in [-0.2, 0) is 11.3 Å². The maximum absolute atomic E-state index is 13.1. The molecular formula is C21H22N4O3. The number of fused-ring (bicyclic) bond motifs is 2. The molecule has 0 aliphatic carbocycles. The van der Waals surface area contributed by atoms with Crippen LogP contribution < -0.4 is 11.0 Å². The maximum Gasteiger partial charge on any atom is 0.323 e. The van der Waals surface area contributed by atoms with Crippen molar-refractivity contribution in [2.24, 2.45) is 0 Å². The molecular weight excluding hydrogens is 356 g/mol. The second kappa shape index (κ2) is 6.67. The summed E-state index contributed by atoms with van der Waals surface area (Å²) >= 11 is 0. The van der Waals surface area contributed by atoms with Gasteiger partial charge in [0.1, 0.15) is 6.04 Å². The van der Waals surface area contributed by atoms with Crippen LogP contribution in [-0.4, -0.2) is 32.7 Å². The third kappa shape index (κ3) is 2.79. The van der Waals surface area contributed by atoms with Crippen LogP contribution in [0.2, 0.25) is 0 Å². The first-order valence-corrected chi connectivity index (χ1v) is 9.32. The zero-order valence-corrected chi connectivity index (χ0v) is 16.1. The van der Waals surface area contributed by atoms with E-state index in [1.165, 1.54) is 0 Å². The Morgan fingerprint density at radius 3 is 2.68 bits per heavy atom. The average molecular weight is 378 g/mol. The first-order valence-electron chi connectivity index (χ1n) is 9.32. The second-order valence-electron chi connectivity index (χ2n) is 7.20. The van der Waals surface area contributed by atoms with E-state index in [1.807, 2.05) is 45.0 Å². The van der Waals surface area contributed by atoms with Crippen molar-refractivity contribution in [1.29, 1.82) is 0 Å². The normalized spacial score (nSPS) is 14.4. The SMILES string of the molecule is CCC(C(=O)Nc1c(C)c(C)cc2[nH]c(=O)[nH]c12)N1Cc2ccccc2C1=O. The number of nitrogens with one attached hydrogen (secondary N) is 3. The highest BCUT2D eigenvalue weighted by Crippen LogP contribution is 2.29. The largest absolute Gasteiger partial charge is 0.323 e. The average Bonchev–Trinajstić information content (AvgIpc) is 3.20. The first kappa shape index (κ1) is 18.0. The van der Waals surface area contributed by atoms with E-state index in [0.29, 0.717) is 35.2 Å². The number of nitrogens with zero attached hydrogens (tertiary/aromatic N) is 1. The van der Waals surface area contributed by atoms with Gasteiger partial charge in [-0.15, -0.1) is 0 Å². The molecule has 2 amide bonds. The Bertz CT molecular complexity index is 1160. The summed E-state index contributed by atoms with van der Waals surface area (Å²) in [7, 11) is 0. The molecule has 144 valence electrons. The lowest BCUT2D eigenvalue weighted by Gasteiger charge is -2.26. The molecule has 0 fully saturated rings. The van der Waals surface area contributed by atoms with E-state index in [2.05, 4.69) is 15.3 Å². The van der Waals surface area contributed by atoms with Crippen molar-refractivity contribution < 1.29 is 9.59 Å². The number of rotatable bonds is 4. The van der Waals surface area contributed by atoms with Gasteiger partial charge < -0.3 is 20.2 Å². The minimum absolute atomic E-state index is 0.126. The van der Waals surface area contributed by atoms with Crippen molar-refractivity contribution in [2.45, 2.75) is 39.8 Å². The lowest BCUT2D eigenvalue weighted by atomic mass is 10.1. The van der Waals surface area contributed by atoms with Crippen LogP contribution >= 0.6 is 0 Å². The number of anilines is 1. The predicted octanol–water partition coefficient (Wildman–Crippen LogP) is 2.85. The minimum atomic E-state index is -0.597. The van der Waals surface area contributed by atoms with Gasteiger partial charge in [0, 0.05) is 12.1 Å². The highest BCUT2D eigenvalue weighted by molar-refractivity contribution is 6.06. The number of hydrogen-bond acceptors (Lipinski definition) is 3. The van der Waals surface area contributed by atoms with Gasteiger partial charge in [0.25, 0.3) is 5.91 Å². The minimum Gasteiger partial charge on any atom is -0.322 e. The Kier molecular flexibility index (Phi) is 4.30. The number of aromatic nitrogens is 2. The van der Waals surface area contributed by atoms with E-state index < -0.39 is 6.04 Å². The van der Waals surface area contributed by atoms with Crippen LogP contribution in [0.25, 0.3) is 11.0 Å². The summed E-state index contributed by atoms with van der Waals surface area (Å²) in [6, 6.07) is 8.70. The fourth-order valence-electron chi connectivity index (χ4n) is 3.85. The molecule has 7 heteroatoms. The quantitative estimate of drug-likeness (QED) is 0.651. The number of imidazole rings is 1. The van der Waals surface area contributed by atoms with Crippen molar-refractivity contribution in [2.75, 3.05) is 5.32 Å². The molecule has 2 aromatic carbocycles. The summed E-state index contributed by atoms with van der Waals surface area (Å²) in [5.41, 5.74) is 4.86. The van der Waals surface area contributed by atoms with Gasteiger partial charge in [-0.25, -0.2) is 4.79 Å². The van der Waals surface area contributed by atoms with Gasteiger partial charge in [-0.2, -0.15) is 0 Å². The summed E-state index contributed by atoms with van der Waals surface area (Å²) in [5, 5.41) is 2.96. The molecule has 1 atom stereocenters. The van der Waals surface area contributed by atoms with Crippen molar-refractivity contribution in [1.82, 2.24) is 14.9 Å². The molecule has 1 aliphatic rings. The molecule has 1 unspecified atom stereocenters. The molecule has 1 aliphatic heterocycles. The topological polar surface area (TPSA) is 98.1 Å². The van der Waals surface area contributed by atoms with E-state index >= 15 is 0 Å². The fraction of sp³-hybridized carbons (Fsp3) is 0.286. The number of aromatic amines is 2. The number of aryl methyl sites for hydroxylation is 1. The third-order valence-electron chi connectivity index (χ3n) is 5.50. The molecule has 3 N–H and O–H groups in total. The lowest BCUT2D eigenvalue weighted by molar-refractivity contribution is -0.120. The summed E-state index contributed by atoms with van der Waals surface area (Å²) in [4.78, 5) is 44.7. The van der Waals surface area contributed by atoms with Gasteiger partial charge in [0.05, 0.1) is 16.7 Å². The van der Waals surface area contributed by atoms with E-state index in [1.54, 1.807) is 11.0 Å². The monoisotopic (exact) mass is 378 g/mol. The zero-order valence-electron chi connectivity index (χ0n) is 16.1. The number of hydrogen-bond donors (Lipinski definition) is 3. The molecule has 2 heterocycles. The highest BCUT2D eigenvalue weighted by atomic mass is 16.2. The standard InChI is InChI=1S/C21H22N4O3/c1-4-16(25-10-13-7-5-6-8-14(13)20(25)27)19(26)23-17-12(3)11(2)9-15-18(17)24-21(28)22-15/h5-9,16H,4,10H2,1-3H3,(H,23,26)(H2,22,24,28). The third-order valence-corrected chi connectivity index (χ3v) is 5.50. The van der Waals surface area contributed by atoms with Crippen LogP contribution in [0, 0.1) is 13.8 Å². The molecule has 0 radical (unpaired) electrons. The number of amides is 2. The summed E-state index contributed by atoms with van der Waals surface area (Å²) < 4.78 is 0. The summed E-state index contributed by atoms with van der Waals surface area (Å²) in [6.07, 6.45) is 0.489. The van der Waals surface area contributed by atoms with E-state index in [0.717, 1.165) is 16.7 Å². The molecule has 0 bridgehead atoms. The Labute approximate surface area is 161 Å². The Morgan fingerprint density at radius 2 is 1.96 bits per heavy atom. The summed E-state index contributed by atoms with van der Waals surface area (Å²) in [6.45, 7) is 6.13. The zero-order chi connectivity index (χ0) is 20.0. The number of benzene rings is 2. The van der Waals surface area contributed by atoms with Gasteiger partial charge in [0.15, 0.2) is 0 Å². The van der Waals surface area contributed by atoms with E-state index in [-0.39, 0.29) is 17.5 Å². The molecule has 0 saturated carbocycles. The van der Waals surface area contributed by atoms with Gasteiger partial charge in [0.2, 0.25) is 5.91 Å². The number of H-pyrrole nitrogens is 2. The first-order chi connectivity index (χ1) is 13.4. The maximum atomic E-state index is 13.1. The number of carbonyl (C=O) groups excluding carboxylic acids is 2. The molecule has 4 rings (SSSR count). The lowest BCUT2D eigenvalue weighted by Crippen LogP contribution is -2.44. The van der Waals surface area contributed by atoms with Gasteiger partial charge in [-0.3, -0.25) is 9.59 Å². The molecule has 0 saturated heterocycles. The van der Waals surface area contributed by atoms with Crippen molar-refractivity contribution in [3.8, 4) is 0 Å². The Morgan fingerprint density at radius 1 is 1.21 bits per heavy atom. The van der Waals surface area contributed by atoms with Gasteiger partial charge in [-0.1, -0.05) is 25.1 Å². The van der Waals surface area contributed by atoms with Crippen LogP contribution in [0.15, 0.2) is 35.1 Å². The van der Waals surface area contributed by atoms with Gasteiger partial charge >= 0.3 is 5.69 Å². The van der Waals surface area contributed by atoms with Crippen LogP contribution in [0.5, 0.6) is 0 Å².